The van der Waals surface area contributed by atoms with Crippen LogP contribution in [0.15, 0.2) is 42.5 Å². The molecule has 4 heteroatoms. The summed E-state index contributed by atoms with van der Waals surface area (Å²) in [6.45, 7) is 2.31. The number of halogens is 1. The van der Waals surface area contributed by atoms with Gasteiger partial charge in [0.1, 0.15) is 5.82 Å². The Morgan fingerprint density at radius 3 is 2.75 bits per heavy atom. The van der Waals surface area contributed by atoms with Crippen molar-refractivity contribution in [1.29, 1.82) is 0 Å². The number of hydrogen-bond acceptors (Lipinski definition) is 2. The van der Waals surface area contributed by atoms with E-state index in [4.69, 9.17) is 5.73 Å². The molecule has 0 heterocycles. The molecule has 0 fully saturated rings. The minimum atomic E-state index is -0.444. The maximum absolute atomic E-state index is 13.7. The molecule has 0 bridgehead atoms. The summed E-state index contributed by atoms with van der Waals surface area (Å²) in [5.41, 5.74) is 8.00. The average Bonchev–Trinajstić information content (AvgIpc) is 2.44. The predicted molar refractivity (Wildman–Crippen MR) is 78.3 cm³/mol. The first-order valence-electron chi connectivity index (χ1n) is 6.47. The van der Waals surface area contributed by atoms with Crippen molar-refractivity contribution in [1.82, 2.24) is 0 Å². The molecule has 0 atom stereocenters. The third-order valence-corrected chi connectivity index (χ3v) is 3.05. The highest BCUT2D eigenvalue weighted by Crippen LogP contribution is 2.18. The van der Waals surface area contributed by atoms with Gasteiger partial charge in [0.05, 0.1) is 5.69 Å². The molecule has 2 rings (SSSR count). The van der Waals surface area contributed by atoms with Gasteiger partial charge < -0.3 is 11.1 Å². The minimum absolute atomic E-state index is 0.192. The van der Waals surface area contributed by atoms with Crippen LogP contribution in [0.25, 0.3) is 0 Å². The van der Waals surface area contributed by atoms with Gasteiger partial charge in [-0.05, 0) is 49.2 Å². The van der Waals surface area contributed by atoms with Crippen LogP contribution in [0.1, 0.15) is 21.5 Å². The van der Waals surface area contributed by atoms with Crippen LogP contribution in [-0.2, 0) is 6.42 Å². The second kappa shape index (κ2) is 6.30. The molecular weight excluding hydrogens is 255 g/mol. The zero-order valence-electron chi connectivity index (χ0n) is 11.3. The van der Waals surface area contributed by atoms with Crippen molar-refractivity contribution in [2.45, 2.75) is 13.3 Å². The lowest BCUT2D eigenvalue weighted by molar-refractivity contribution is 0.102. The van der Waals surface area contributed by atoms with E-state index in [-0.39, 0.29) is 11.6 Å². The smallest absolute Gasteiger partial charge is 0.256 e. The lowest BCUT2D eigenvalue weighted by Gasteiger charge is -2.10. The standard InChI is InChI=1S/C16H17FN2O/c1-11-6-7-14(17)15(10-11)19-16(20)13-5-3-2-4-12(13)8-9-18/h2-7,10H,8-9,18H2,1H3,(H,19,20). The fraction of sp³-hybridized carbons (Fsp3) is 0.188. The second-order valence-electron chi connectivity index (χ2n) is 4.63. The van der Waals surface area contributed by atoms with Crippen LogP contribution in [0.3, 0.4) is 0 Å². The van der Waals surface area contributed by atoms with E-state index >= 15 is 0 Å². The van der Waals surface area contributed by atoms with E-state index in [1.165, 1.54) is 6.07 Å². The van der Waals surface area contributed by atoms with E-state index in [9.17, 15) is 9.18 Å². The zero-order valence-corrected chi connectivity index (χ0v) is 11.3. The third kappa shape index (κ3) is 3.22. The molecule has 0 aromatic heterocycles. The highest BCUT2D eigenvalue weighted by molar-refractivity contribution is 6.05. The predicted octanol–water partition coefficient (Wildman–Crippen LogP) is 2.89. The summed E-state index contributed by atoms with van der Waals surface area (Å²) in [6.07, 6.45) is 0.611. The normalized spacial score (nSPS) is 10.3. The van der Waals surface area contributed by atoms with Crippen LogP contribution in [0.4, 0.5) is 10.1 Å². The van der Waals surface area contributed by atoms with E-state index in [1.54, 1.807) is 24.3 Å². The SMILES string of the molecule is Cc1ccc(F)c(NC(=O)c2ccccc2CCN)c1. The average molecular weight is 272 g/mol. The molecule has 2 aromatic rings. The van der Waals surface area contributed by atoms with Crippen LogP contribution in [-0.4, -0.2) is 12.5 Å². The van der Waals surface area contributed by atoms with Crippen LogP contribution in [0.5, 0.6) is 0 Å². The van der Waals surface area contributed by atoms with Crippen molar-refractivity contribution in [3.8, 4) is 0 Å². The molecule has 0 spiro atoms. The van der Waals surface area contributed by atoms with E-state index in [2.05, 4.69) is 5.32 Å². The Labute approximate surface area is 117 Å². The van der Waals surface area contributed by atoms with Crippen molar-refractivity contribution in [2.75, 3.05) is 11.9 Å². The maximum atomic E-state index is 13.7. The molecule has 0 saturated heterocycles. The molecule has 104 valence electrons. The number of anilines is 1. The molecule has 3 nitrogen and oxygen atoms in total. The van der Waals surface area contributed by atoms with Gasteiger partial charge in [-0.1, -0.05) is 24.3 Å². The number of nitrogens with two attached hydrogens (primary N) is 1. The number of carbonyl (C=O) groups is 1. The Balaban J connectivity index is 2.26. The Bertz CT molecular complexity index is 626. The largest absolute Gasteiger partial charge is 0.330 e. The summed E-state index contributed by atoms with van der Waals surface area (Å²) in [5, 5.41) is 2.61. The monoisotopic (exact) mass is 272 g/mol. The Morgan fingerprint density at radius 2 is 2.00 bits per heavy atom. The fourth-order valence-corrected chi connectivity index (χ4v) is 2.04. The number of amides is 1. The number of rotatable bonds is 4. The van der Waals surface area contributed by atoms with Crippen LogP contribution >= 0.6 is 0 Å². The van der Waals surface area contributed by atoms with E-state index in [0.717, 1.165) is 11.1 Å². The summed E-state index contributed by atoms with van der Waals surface area (Å²) in [4.78, 5) is 12.3. The molecule has 0 aliphatic rings. The first-order chi connectivity index (χ1) is 9.61. The van der Waals surface area contributed by atoms with Gasteiger partial charge in [-0.3, -0.25) is 4.79 Å². The molecule has 20 heavy (non-hydrogen) atoms. The number of aryl methyl sites for hydroxylation is 1. The van der Waals surface area contributed by atoms with Gasteiger partial charge in [-0.25, -0.2) is 4.39 Å². The highest BCUT2D eigenvalue weighted by atomic mass is 19.1. The quantitative estimate of drug-likeness (QED) is 0.899. The molecular formula is C16H17FN2O. The van der Waals surface area contributed by atoms with Gasteiger partial charge in [0.2, 0.25) is 0 Å². The topological polar surface area (TPSA) is 55.1 Å². The zero-order chi connectivity index (χ0) is 14.5. The van der Waals surface area contributed by atoms with Crippen molar-refractivity contribution in [3.63, 3.8) is 0 Å². The second-order valence-corrected chi connectivity index (χ2v) is 4.63. The third-order valence-electron chi connectivity index (χ3n) is 3.05. The number of hydrogen-bond donors (Lipinski definition) is 2. The van der Waals surface area contributed by atoms with Gasteiger partial charge >= 0.3 is 0 Å². The maximum Gasteiger partial charge on any atom is 0.256 e. The van der Waals surface area contributed by atoms with Crippen molar-refractivity contribution in [2.24, 2.45) is 5.73 Å². The van der Waals surface area contributed by atoms with Crippen molar-refractivity contribution >= 4 is 11.6 Å². The Morgan fingerprint density at radius 1 is 1.25 bits per heavy atom. The van der Waals surface area contributed by atoms with E-state index < -0.39 is 5.82 Å². The first-order valence-corrected chi connectivity index (χ1v) is 6.47. The summed E-state index contributed by atoms with van der Waals surface area (Å²) >= 11 is 0. The Hall–Kier alpha value is -2.20. The molecule has 1 amide bonds. The molecule has 2 aromatic carbocycles. The van der Waals surface area contributed by atoms with Crippen LogP contribution in [0, 0.1) is 12.7 Å². The fourth-order valence-electron chi connectivity index (χ4n) is 2.04. The number of carbonyl (C=O) groups excluding carboxylic acids is 1. The molecule has 0 radical (unpaired) electrons. The van der Waals surface area contributed by atoms with Crippen LogP contribution < -0.4 is 11.1 Å². The van der Waals surface area contributed by atoms with Gasteiger partial charge in [0.15, 0.2) is 0 Å². The summed E-state index contributed by atoms with van der Waals surface area (Å²) in [5.74, 6) is -0.765. The molecule has 0 aliphatic heterocycles. The van der Waals surface area contributed by atoms with Gasteiger partial charge in [0.25, 0.3) is 5.91 Å². The van der Waals surface area contributed by atoms with Crippen molar-refractivity contribution in [3.05, 3.63) is 65.0 Å². The Kier molecular flexibility index (Phi) is 4.48. The van der Waals surface area contributed by atoms with Crippen molar-refractivity contribution < 1.29 is 9.18 Å². The summed E-state index contributed by atoms with van der Waals surface area (Å²) < 4.78 is 13.7. The molecule has 0 saturated carbocycles. The summed E-state index contributed by atoms with van der Waals surface area (Å²) in [6, 6.07) is 11.8. The van der Waals surface area contributed by atoms with Gasteiger partial charge in [-0.15, -0.1) is 0 Å². The number of nitrogens with one attached hydrogen (secondary N) is 1. The first kappa shape index (κ1) is 14.2. The number of benzene rings is 2. The van der Waals surface area contributed by atoms with E-state index in [1.807, 2.05) is 19.1 Å². The summed E-state index contributed by atoms with van der Waals surface area (Å²) in [7, 11) is 0. The van der Waals surface area contributed by atoms with Gasteiger partial charge in [0, 0.05) is 5.56 Å². The highest BCUT2D eigenvalue weighted by Gasteiger charge is 2.12. The molecule has 0 aliphatic carbocycles. The van der Waals surface area contributed by atoms with Crippen LogP contribution in [0.2, 0.25) is 0 Å². The molecule has 3 N–H and O–H groups in total. The molecule has 0 unspecified atom stereocenters. The lowest BCUT2D eigenvalue weighted by atomic mass is 10.0. The van der Waals surface area contributed by atoms with E-state index in [0.29, 0.717) is 18.5 Å². The van der Waals surface area contributed by atoms with Gasteiger partial charge in [-0.2, -0.15) is 0 Å². The lowest BCUT2D eigenvalue weighted by Crippen LogP contribution is -2.16. The minimum Gasteiger partial charge on any atom is -0.330 e.